The van der Waals surface area contributed by atoms with Crippen LogP contribution >= 0.6 is 0 Å². The fraction of sp³-hybridized carbons (Fsp3) is 0.478. The molecular weight excluding hydrogens is 292 g/mol. The number of hydrogen-bond donors (Lipinski definition) is 0. The molecule has 0 radical (unpaired) electrons. The van der Waals surface area contributed by atoms with Gasteiger partial charge in [-0.15, -0.1) is 0 Å². The van der Waals surface area contributed by atoms with Crippen LogP contribution in [0, 0.1) is 12.3 Å². The lowest BCUT2D eigenvalue weighted by molar-refractivity contribution is 0.127. The molecular formula is C23H32O. The normalized spacial score (nSPS) is 11.5. The Bertz CT molecular complexity index is 627. The van der Waals surface area contributed by atoms with Crippen molar-refractivity contribution in [1.29, 1.82) is 0 Å². The molecule has 1 nitrogen and oxygen atoms in total. The summed E-state index contributed by atoms with van der Waals surface area (Å²) in [7, 11) is 0. The van der Waals surface area contributed by atoms with Gasteiger partial charge in [0.25, 0.3) is 0 Å². The van der Waals surface area contributed by atoms with Gasteiger partial charge in [-0.05, 0) is 61.4 Å². The van der Waals surface area contributed by atoms with E-state index in [1.54, 1.807) is 0 Å². The molecule has 0 aliphatic carbocycles. The molecule has 0 bridgehead atoms. The highest BCUT2D eigenvalue weighted by Gasteiger charge is 2.25. The Balaban J connectivity index is 2.21. The number of aryl methyl sites for hydroxylation is 2. The quantitative estimate of drug-likeness (QED) is 0.517. The van der Waals surface area contributed by atoms with Crippen molar-refractivity contribution in [2.75, 3.05) is 6.61 Å². The third kappa shape index (κ3) is 4.20. The Morgan fingerprint density at radius 3 is 1.92 bits per heavy atom. The van der Waals surface area contributed by atoms with Gasteiger partial charge in [0.1, 0.15) is 5.75 Å². The van der Waals surface area contributed by atoms with Crippen molar-refractivity contribution in [3.8, 4) is 16.9 Å². The van der Waals surface area contributed by atoms with Crippen LogP contribution in [0.4, 0.5) is 0 Å². The van der Waals surface area contributed by atoms with Crippen molar-refractivity contribution < 1.29 is 4.74 Å². The summed E-state index contributed by atoms with van der Waals surface area (Å²) < 4.78 is 6.28. The van der Waals surface area contributed by atoms with Crippen molar-refractivity contribution in [3.63, 3.8) is 0 Å². The second kappa shape index (κ2) is 8.37. The largest absolute Gasteiger partial charge is 0.493 e. The summed E-state index contributed by atoms with van der Waals surface area (Å²) in [5.74, 6) is 1.05. The van der Waals surface area contributed by atoms with Gasteiger partial charge in [0.15, 0.2) is 0 Å². The lowest BCUT2D eigenvalue weighted by atomic mass is 9.81. The molecule has 0 saturated carbocycles. The van der Waals surface area contributed by atoms with E-state index in [0.29, 0.717) is 5.41 Å². The molecule has 0 fully saturated rings. The molecule has 0 aliphatic rings. The van der Waals surface area contributed by atoms with Crippen LogP contribution in [0.2, 0.25) is 0 Å². The van der Waals surface area contributed by atoms with E-state index in [1.165, 1.54) is 41.5 Å². The zero-order chi connectivity index (χ0) is 17.6. The maximum absolute atomic E-state index is 6.28. The summed E-state index contributed by atoms with van der Waals surface area (Å²) in [5.41, 5.74) is 5.44. The van der Waals surface area contributed by atoms with E-state index in [1.807, 2.05) is 0 Å². The zero-order valence-corrected chi connectivity index (χ0v) is 16.0. The highest BCUT2D eigenvalue weighted by molar-refractivity contribution is 5.66. The number of hydrogen-bond acceptors (Lipinski definition) is 1. The molecule has 0 saturated heterocycles. The summed E-state index contributed by atoms with van der Waals surface area (Å²) in [4.78, 5) is 0. The topological polar surface area (TPSA) is 9.23 Å². The molecule has 0 unspecified atom stereocenters. The molecule has 0 amide bonds. The monoisotopic (exact) mass is 324 g/mol. The van der Waals surface area contributed by atoms with Crippen LogP contribution in [0.5, 0.6) is 5.75 Å². The Morgan fingerprint density at radius 2 is 1.38 bits per heavy atom. The van der Waals surface area contributed by atoms with Gasteiger partial charge in [0.05, 0.1) is 6.61 Å². The van der Waals surface area contributed by atoms with E-state index < -0.39 is 0 Å². The predicted molar refractivity (Wildman–Crippen MR) is 105 cm³/mol. The van der Waals surface area contributed by atoms with Gasteiger partial charge in [0, 0.05) is 5.41 Å². The molecule has 24 heavy (non-hydrogen) atoms. The molecule has 0 aromatic heterocycles. The molecule has 2 rings (SSSR count). The minimum atomic E-state index is 0.306. The average Bonchev–Trinajstić information content (AvgIpc) is 2.64. The Kier molecular flexibility index (Phi) is 6.48. The van der Waals surface area contributed by atoms with E-state index in [9.17, 15) is 0 Å². The molecule has 0 atom stereocenters. The van der Waals surface area contributed by atoms with Crippen molar-refractivity contribution in [2.24, 2.45) is 5.41 Å². The van der Waals surface area contributed by atoms with Gasteiger partial charge in [-0.2, -0.15) is 0 Å². The van der Waals surface area contributed by atoms with E-state index in [0.717, 1.165) is 18.8 Å². The SMILES string of the molecule is CCc1cc(-c2ccc(C)cc2)ccc1OCC(CC)(CC)CC. The predicted octanol–water partition coefficient (Wildman–Crippen LogP) is 6.82. The summed E-state index contributed by atoms with van der Waals surface area (Å²) in [6, 6.07) is 15.4. The molecule has 1 heteroatoms. The molecule has 0 heterocycles. The Labute approximate surface area is 148 Å². The van der Waals surface area contributed by atoms with Crippen LogP contribution in [0.25, 0.3) is 11.1 Å². The number of ether oxygens (including phenoxy) is 1. The molecule has 2 aromatic carbocycles. The second-order valence-electron chi connectivity index (χ2n) is 6.89. The summed E-state index contributed by atoms with van der Waals surface area (Å²) in [5, 5.41) is 0. The first kappa shape index (κ1) is 18.6. The zero-order valence-electron chi connectivity index (χ0n) is 16.0. The van der Waals surface area contributed by atoms with Crippen molar-refractivity contribution in [1.82, 2.24) is 0 Å². The summed E-state index contributed by atoms with van der Waals surface area (Å²) in [6.07, 6.45) is 4.50. The third-order valence-corrected chi connectivity index (χ3v) is 5.61. The fourth-order valence-corrected chi connectivity index (χ4v) is 3.21. The van der Waals surface area contributed by atoms with Crippen molar-refractivity contribution in [3.05, 3.63) is 53.6 Å². The van der Waals surface area contributed by atoms with Crippen LogP contribution in [-0.4, -0.2) is 6.61 Å². The number of rotatable bonds is 8. The van der Waals surface area contributed by atoms with Gasteiger partial charge < -0.3 is 4.74 Å². The van der Waals surface area contributed by atoms with Gasteiger partial charge >= 0.3 is 0 Å². The summed E-state index contributed by atoms with van der Waals surface area (Å²) in [6.45, 7) is 12.0. The smallest absolute Gasteiger partial charge is 0.122 e. The van der Waals surface area contributed by atoms with Gasteiger partial charge in [-0.3, -0.25) is 0 Å². The van der Waals surface area contributed by atoms with Gasteiger partial charge in [0.2, 0.25) is 0 Å². The van der Waals surface area contributed by atoms with E-state index in [4.69, 9.17) is 4.74 Å². The highest BCUT2D eigenvalue weighted by atomic mass is 16.5. The Morgan fingerprint density at radius 1 is 0.792 bits per heavy atom. The van der Waals surface area contributed by atoms with Gasteiger partial charge in [-0.25, -0.2) is 0 Å². The second-order valence-corrected chi connectivity index (χ2v) is 6.89. The minimum absolute atomic E-state index is 0.306. The standard InChI is InChI=1S/C23H32O/c1-6-19-16-21(20-12-10-18(5)11-13-20)14-15-22(19)24-17-23(7-2,8-3)9-4/h10-16H,6-9,17H2,1-5H3. The first-order chi connectivity index (χ1) is 11.6. The maximum atomic E-state index is 6.28. The molecule has 130 valence electrons. The Hall–Kier alpha value is -1.76. The van der Waals surface area contributed by atoms with E-state index >= 15 is 0 Å². The molecule has 0 N–H and O–H groups in total. The van der Waals surface area contributed by atoms with Crippen molar-refractivity contribution >= 4 is 0 Å². The average molecular weight is 325 g/mol. The lowest BCUT2D eigenvalue weighted by Gasteiger charge is -2.30. The molecule has 2 aromatic rings. The fourth-order valence-electron chi connectivity index (χ4n) is 3.21. The van der Waals surface area contributed by atoms with Gasteiger partial charge in [-0.1, -0.05) is 63.6 Å². The maximum Gasteiger partial charge on any atom is 0.122 e. The van der Waals surface area contributed by atoms with Crippen LogP contribution < -0.4 is 4.74 Å². The minimum Gasteiger partial charge on any atom is -0.493 e. The first-order valence-corrected chi connectivity index (χ1v) is 9.40. The van der Waals surface area contributed by atoms with Crippen LogP contribution in [0.3, 0.4) is 0 Å². The molecule has 0 aliphatic heterocycles. The third-order valence-electron chi connectivity index (χ3n) is 5.61. The number of benzene rings is 2. The van der Waals surface area contributed by atoms with Crippen LogP contribution in [-0.2, 0) is 6.42 Å². The van der Waals surface area contributed by atoms with Crippen LogP contribution in [0.1, 0.15) is 58.1 Å². The molecule has 0 spiro atoms. The van der Waals surface area contributed by atoms with Crippen molar-refractivity contribution in [2.45, 2.75) is 60.3 Å². The lowest BCUT2D eigenvalue weighted by Crippen LogP contribution is -2.26. The highest BCUT2D eigenvalue weighted by Crippen LogP contribution is 2.33. The summed E-state index contributed by atoms with van der Waals surface area (Å²) >= 11 is 0. The van der Waals surface area contributed by atoms with Crippen LogP contribution in [0.15, 0.2) is 42.5 Å². The van der Waals surface area contributed by atoms with E-state index in [-0.39, 0.29) is 0 Å². The van der Waals surface area contributed by atoms with E-state index in [2.05, 4.69) is 77.1 Å². The first-order valence-electron chi connectivity index (χ1n) is 9.40.